The van der Waals surface area contributed by atoms with Gasteiger partial charge in [-0.25, -0.2) is 9.18 Å². The summed E-state index contributed by atoms with van der Waals surface area (Å²) >= 11 is 0. The number of carbonyl (C=O) groups is 2. The largest absolute Gasteiger partial charge is 0.324 e. The highest BCUT2D eigenvalue weighted by molar-refractivity contribution is 6.00. The Kier molecular flexibility index (Phi) is 5.21. The maximum Gasteiger partial charge on any atom is 0.322 e. The minimum Gasteiger partial charge on any atom is -0.324 e. The van der Waals surface area contributed by atoms with Crippen LogP contribution in [0.5, 0.6) is 0 Å². The molecule has 0 aliphatic carbocycles. The van der Waals surface area contributed by atoms with Gasteiger partial charge in [-0.05, 0) is 68.1 Å². The molecule has 1 atom stereocenters. The average molecular weight is 355 g/mol. The fraction of sp³-hybridized carbons (Fsp3) is 0.300. The van der Waals surface area contributed by atoms with Gasteiger partial charge in [0.1, 0.15) is 11.9 Å². The number of hydrogen-bond donors (Lipinski definition) is 2. The molecule has 0 saturated carbocycles. The van der Waals surface area contributed by atoms with Crippen molar-refractivity contribution in [1.82, 2.24) is 4.90 Å². The molecule has 136 valence electrons. The lowest BCUT2D eigenvalue weighted by atomic mass is 10.1. The Bertz CT molecular complexity index is 820. The summed E-state index contributed by atoms with van der Waals surface area (Å²) < 4.78 is 13.0. The minimum atomic E-state index is -0.518. The van der Waals surface area contributed by atoms with Crippen LogP contribution in [0.4, 0.5) is 20.6 Å². The third-order valence-electron chi connectivity index (χ3n) is 4.77. The van der Waals surface area contributed by atoms with Gasteiger partial charge in [-0.3, -0.25) is 4.79 Å². The van der Waals surface area contributed by atoms with Crippen molar-refractivity contribution < 1.29 is 14.0 Å². The summed E-state index contributed by atoms with van der Waals surface area (Å²) in [5.41, 5.74) is 3.37. The molecule has 0 bridgehead atoms. The van der Waals surface area contributed by atoms with E-state index in [9.17, 15) is 14.0 Å². The van der Waals surface area contributed by atoms with Gasteiger partial charge < -0.3 is 15.5 Å². The van der Waals surface area contributed by atoms with Gasteiger partial charge in [0.05, 0.1) is 0 Å². The molecule has 26 heavy (non-hydrogen) atoms. The molecule has 0 aromatic heterocycles. The fourth-order valence-electron chi connectivity index (χ4n) is 3.11. The summed E-state index contributed by atoms with van der Waals surface area (Å²) in [4.78, 5) is 26.8. The standard InChI is InChI=1S/C20H22FN3O2/c1-13-5-3-6-17(14(13)2)23-19(25)18-7-4-12-24(18)20(26)22-16-10-8-15(21)9-11-16/h3,5-6,8-11,18H,4,7,12H2,1-2H3,(H,22,26)(H,23,25)/t18-/m0/s1. The Morgan fingerprint density at radius 2 is 1.81 bits per heavy atom. The molecule has 2 aromatic carbocycles. The molecule has 5 nitrogen and oxygen atoms in total. The zero-order valence-corrected chi connectivity index (χ0v) is 14.9. The fourth-order valence-corrected chi connectivity index (χ4v) is 3.11. The van der Waals surface area contributed by atoms with E-state index in [1.807, 2.05) is 32.0 Å². The summed E-state index contributed by atoms with van der Waals surface area (Å²) in [5, 5.41) is 5.66. The predicted octanol–water partition coefficient (Wildman–Crippen LogP) is 4.08. The summed E-state index contributed by atoms with van der Waals surface area (Å²) in [6, 6.07) is 10.4. The zero-order valence-electron chi connectivity index (χ0n) is 14.9. The third kappa shape index (κ3) is 3.85. The molecule has 3 rings (SSSR count). The Labute approximate surface area is 152 Å². The van der Waals surface area contributed by atoms with E-state index in [2.05, 4.69) is 10.6 Å². The molecule has 1 heterocycles. The number of hydrogen-bond acceptors (Lipinski definition) is 2. The normalized spacial score (nSPS) is 16.4. The van der Waals surface area contributed by atoms with E-state index in [-0.39, 0.29) is 17.8 Å². The SMILES string of the molecule is Cc1cccc(NC(=O)[C@@H]2CCCN2C(=O)Nc2ccc(F)cc2)c1C. The van der Waals surface area contributed by atoms with Gasteiger partial charge in [0.2, 0.25) is 5.91 Å². The van der Waals surface area contributed by atoms with Gasteiger partial charge in [-0.15, -0.1) is 0 Å². The first kappa shape index (κ1) is 17.9. The van der Waals surface area contributed by atoms with Crippen LogP contribution in [0.25, 0.3) is 0 Å². The first-order valence-corrected chi connectivity index (χ1v) is 8.66. The van der Waals surface area contributed by atoms with Crippen molar-refractivity contribution in [2.45, 2.75) is 32.7 Å². The quantitative estimate of drug-likeness (QED) is 0.871. The molecule has 6 heteroatoms. The number of benzene rings is 2. The number of urea groups is 1. The lowest BCUT2D eigenvalue weighted by Gasteiger charge is -2.24. The number of carbonyl (C=O) groups excluding carboxylic acids is 2. The summed E-state index contributed by atoms with van der Waals surface area (Å²) in [6.45, 7) is 4.46. The highest BCUT2D eigenvalue weighted by Gasteiger charge is 2.34. The Morgan fingerprint density at radius 1 is 1.08 bits per heavy atom. The maximum absolute atomic E-state index is 13.0. The number of anilines is 2. The molecule has 0 radical (unpaired) electrons. The van der Waals surface area contributed by atoms with Gasteiger partial charge >= 0.3 is 6.03 Å². The Hall–Kier alpha value is -2.89. The van der Waals surface area contributed by atoms with Gasteiger partial charge in [0, 0.05) is 17.9 Å². The summed E-state index contributed by atoms with van der Waals surface area (Å²) in [5.74, 6) is -0.555. The molecule has 1 saturated heterocycles. The lowest BCUT2D eigenvalue weighted by molar-refractivity contribution is -0.119. The topological polar surface area (TPSA) is 61.4 Å². The molecular weight excluding hydrogens is 333 g/mol. The molecule has 0 spiro atoms. The van der Waals surface area contributed by atoms with Crippen molar-refractivity contribution >= 4 is 23.3 Å². The monoisotopic (exact) mass is 355 g/mol. The van der Waals surface area contributed by atoms with E-state index < -0.39 is 6.04 Å². The van der Waals surface area contributed by atoms with E-state index >= 15 is 0 Å². The minimum absolute atomic E-state index is 0.189. The molecule has 0 unspecified atom stereocenters. The number of likely N-dealkylation sites (tertiary alicyclic amines) is 1. The van der Waals surface area contributed by atoms with Crippen LogP contribution in [-0.4, -0.2) is 29.4 Å². The second-order valence-corrected chi connectivity index (χ2v) is 6.53. The van der Waals surface area contributed by atoms with Gasteiger partial charge in [0.25, 0.3) is 0 Å². The third-order valence-corrected chi connectivity index (χ3v) is 4.77. The van der Waals surface area contributed by atoms with Crippen LogP contribution in [0.3, 0.4) is 0 Å². The highest BCUT2D eigenvalue weighted by atomic mass is 19.1. The smallest absolute Gasteiger partial charge is 0.322 e. The molecule has 2 aromatic rings. The average Bonchev–Trinajstić information content (AvgIpc) is 3.11. The first-order chi connectivity index (χ1) is 12.5. The highest BCUT2D eigenvalue weighted by Crippen LogP contribution is 2.23. The van der Waals surface area contributed by atoms with Crippen molar-refractivity contribution in [3.05, 3.63) is 59.4 Å². The lowest BCUT2D eigenvalue weighted by Crippen LogP contribution is -2.45. The predicted molar refractivity (Wildman–Crippen MR) is 99.7 cm³/mol. The number of nitrogens with one attached hydrogen (secondary N) is 2. The molecule has 1 aliphatic rings. The van der Waals surface area contributed by atoms with Gasteiger partial charge in [-0.2, -0.15) is 0 Å². The Balaban J connectivity index is 1.68. The van der Waals surface area contributed by atoms with E-state index in [4.69, 9.17) is 0 Å². The van der Waals surface area contributed by atoms with E-state index in [1.54, 1.807) is 0 Å². The summed E-state index contributed by atoms with van der Waals surface area (Å²) in [7, 11) is 0. The van der Waals surface area contributed by atoms with Crippen molar-refractivity contribution in [3.63, 3.8) is 0 Å². The van der Waals surface area contributed by atoms with Crippen molar-refractivity contribution in [1.29, 1.82) is 0 Å². The van der Waals surface area contributed by atoms with Gasteiger partial charge in [-0.1, -0.05) is 12.1 Å². The summed E-state index contributed by atoms with van der Waals surface area (Å²) in [6.07, 6.45) is 1.38. The number of amides is 3. The van der Waals surface area contributed by atoms with Crippen LogP contribution in [0.1, 0.15) is 24.0 Å². The van der Waals surface area contributed by atoms with Crippen molar-refractivity contribution in [2.75, 3.05) is 17.2 Å². The molecular formula is C20H22FN3O2. The number of rotatable bonds is 3. The van der Waals surface area contributed by atoms with Crippen LogP contribution < -0.4 is 10.6 Å². The van der Waals surface area contributed by atoms with Crippen molar-refractivity contribution in [2.24, 2.45) is 0 Å². The van der Waals surface area contributed by atoms with Crippen LogP contribution >= 0.6 is 0 Å². The second-order valence-electron chi connectivity index (χ2n) is 6.53. The van der Waals surface area contributed by atoms with E-state index in [0.29, 0.717) is 18.7 Å². The van der Waals surface area contributed by atoms with Crippen LogP contribution in [0.15, 0.2) is 42.5 Å². The second kappa shape index (κ2) is 7.56. The van der Waals surface area contributed by atoms with Crippen LogP contribution in [0, 0.1) is 19.7 Å². The number of halogens is 1. The molecule has 1 fully saturated rings. The van der Waals surface area contributed by atoms with E-state index in [0.717, 1.165) is 23.2 Å². The van der Waals surface area contributed by atoms with E-state index in [1.165, 1.54) is 29.2 Å². The number of aryl methyl sites for hydroxylation is 1. The molecule has 3 amide bonds. The number of nitrogens with zero attached hydrogens (tertiary/aromatic N) is 1. The molecule has 2 N–H and O–H groups in total. The van der Waals surface area contributed by atoms with Crippen LogP contribution in [-0.2, 0) is 4.79 Å². The molecule has 1 aliphatic heterocycles. The maximum atomic E-state index is 13.0. The van der Waals surface area contributed by atoms with Crippen molar-refractivity contribution in [3.8, 4) is 0 Å². The zero-order chi connectivity index (χ0) is 18.7. The Morgan fingerprint density at radius 3 is 2.54 bits per heavy atom. The first-order valence-electron chi connectivity index (χ1n) is 8.66. The van der Waals surface area contributed by atoms with Gasteiger partial charge in [0.15, 0.2) is 0 Å². The van der Waals surface area contributed by atoms with Crippen LogP contribution in [0.2, 0.25) is 0 Å².